The summed E-state index contributed by atoms with van der Waals surface area (Å²) in [7, 11) is 0. The topological polar surface area (TPSA) is 57.6 Å². The number of carbonyl (C=O) groups excluding carboxylic acids is 1. The van der Waals surface area contributed by atoms with Gasteiger partial charge < -0.3 is 10.0 Å². The van der Waals surface area contributed by atoms with Gasteiger partial charge >= 0.3 is 5.97 Å². The maximum atomic E-state index is 13.0. The zero-order valence-electron chi connectivity index (χ0n) is 13.4. The fraction of sp³-hybridized carbons (Fsp3) is 0.556. The van der Waals surface area contributed by atoms with Gasteiger partial charge in [0.25, 0.3) is 0 Å². The zero-order valence-corrected chi connectivity index (χ0v) is 13.4. The van der Waals surface area contributed by atoms with Gasteiger partial charge in [0.15, 0.2) is 0 Å². The number of rotatable bonds is 6. The van der Waals surface area contributed by atoms with Crippen LogP contribution in [-0.2, 0) is 16.0 Å². The molecule has 0 saturated heterocycles. The van der Waals surface area contributed by atoms with Crippen LogP contribution in [0.1, 0.15) is 45.1 Å². The van der Waals surface area contributed by atoms with Crippen LogP contribution < -0.4 is 4.90 Å². The molecular formula is C18H25NO3. The number of fused-ring (bicyclic) bond motifs is 1. The lowest BCUT2D eigenvalue weighted by Gasteiger charge is -2.28. The smallest absolute Gasteiger partial charge is 0.323 e. The number of anilines is 1. The van der Waals surface area contributed by atoms with Crippen molar-refractivity contribution < 1.29 is 14.7 Å². The van der Waals surface area contributed by atoms with Crippen molar-refractivity contribution in [1.29, 1.82) is 0 Å². The summed E-state index contributed by atoms with van der Waals surface area (Å²) >= 11 is 0. The molecule has 0 aliphatic carbocycles. The molecule has 1 aliphatic rings. The predicted molar refractivity (Wildman–Crippen MR) is 86.9 cm³/mol. The SMILES string of the molecule is CCCC(CC)C1CCc2ccccc2N(CC(=O)O)C1=O. The van der Waals surface area contributed by atoms with Crippen molar-refractivity contribution in [3.8, 4) is 0 Å². The lowest BCUT2D eigenvalue weighted by atomic mass is 9.82. The van der Waals surface area contributed by atoms with E-state index in [1.165, 1.54) is 4.90 Å². The molecule has 120 valence electrons. The summed E-state index contributed by atoms with van der Waals surface area (Å²) in [6.07, 6.45) is 4.67. The molecule has 1 aromatic carbocycles. The lowest BCUT2D eigenvalue weighted by molar-refractivity contribution is -0.137. The lowest BCUT2D eigenvalue weighted by Crippen LogP contribution is -2.41. The second kappa shape index (κ2) is 7.43. The van der Waals surface area contributed by atoms with Gasteiger partial charge in [0.05, 0.1) is 0 Å². The Morgan fingerprint density at radius 1 is 1.36 bits per heavy atom. The van der Waals surface area contributed by atoms with Crippen molar-refractivity contribution in [2.24, 2.45) is 11.8 Å². The first-order chi connectivity index (χ1) is 10.6. The Morgan fingerprint density at radius 2 is 2.09 bits per heavy atom. The van der Waals surface area contributed by atoms with Gasteiger partial charge in [-0.25, -0.2) is 0 Å². The number of amides is 1. The Balaban J connectivity index is 2.36. The summed E-state index contributed by atoms with van der Waals surface area (Å²) in [6.45, 7) is 4.00. The van der Waals surface area contributed by atoms with Crippen LogP contribution in [0.15, 0.2) is 24.3 Å². The third-order valence-corrected chi connectivity index (χ3v) is 4.64. The van der Waals surface area contributed by atoms with Crippen molar-refractivity contribution in [3.63, 3.8) is 0 Å². The maximum absolute atomic E-state index is 13.0. The molecule has 4 heteroatoms. The molecule has 0 saturated carbocycles. The highest BCUT2D eigenvalue weighted by Gasteiger charge is 2.35. The number of carboxylic acid groups (broad SMARTS) is 1. The molecule has 0 bridgehead atoms. The highest BCUT2D eigenvalue weighted by atomic mass is 16.4. The standard InChI is InChI=1S/C18H25NO3/c1-3-7-13(4-2)15-11-10-14-8-5-6-9-16(14)19(18(15)22)12-17(20)21/h5-6,8-9,13,15H,3-4,7,10-12H2,1-2H3,(H,20,21). The van der Waals surface area contributed by atoms with E-state index >= 15 is 0 Å². The minimum atomic E-state index is -0.965. The average molecular weight is 303 g/mol. The van der Waals surface area contributed by atoms with Crippen molar-refractivity contribution >= 4 is 17.6 Å². The molecule has 22 heavy (non-hydrogen) atoms. The molecule has 0 fully saturated rings. The Kier molecular flexibility index (Phi) is 5.58. The number of benzene rings is 1. The Bertz CT molecular complexity index is 541. The maximum Gasteiger partial charge on any atom is 0.323 e. The third kappa shape index (κ3) is 3.49. The van der Waals surface area contributed by atoms with Gasteiger partial charge in [-0.05, 0) is 36.8 Å². The molecule has 4 nitrogen and oxygen atoms in total. The Hall–Kier alpha value is -1.84. The number of hydrogen-bond acceptors (Lipinski definition) is 2. The van der Waals surface area contributed by atoms with Gasteiger partial charge in [-0.15, -0.1) is 0 Å². The monoisotopic (exact) mass is 303 g/mol. The summed E-state index contributed by atoms with van der Waals surface area (Å²) in [4.78, 5) is 25.7. The van der Waals surface area contributed by atoms with Crippen molar-refractivity contribution in [2.45, 2.75) is 46.0 Å². The zero-order chi connectivity index (χ0) is 16.1. The van der Waals surface area contributed by atoms with Gasteiger partial charge in [-0.1, -0.05) is 44.9 Å². The third-order valence-electron chi connectivity index (χ3n) is 4.64. The molecule has 2 rings (SSSR count). The van der Waals surface area contributed by atoms with Crippen LogP contribution in [0.5, 0.6) is 0 Å². The molecule has 2 unspecified atom stereocenters. The molecule has 1 heterocycles. The molecule has 2 atom stereocenters. The molecule has 1 aliphatic heterocycles. The van der Waals surface area contributed by atoms with E-state index in [9.17, 15) is 14.7 Å². The summed E-state index contributed by atoms with van der Waals surface area (Å²) < 4.78 is 0. The van der Waals surface area contributed by atoms with Gasteiger partial charge in [-0.3, -0.25) is 9.59 Å². The van der Waals surface area contributed by atoms with E-state index in [1.54, 1.807) is 0 Å². The number of carbonyl (C=O) groups is 2. The molecular weight excluding hydrogens is 278 g/mol. The normalized spacial score (nSPS) is 19.5. The number of nitrogens with zero attached hydrogens (tertiary/aromatic N) is 1. The van der Waals surface area contributed by atoms with Crippen LogP contribution in [0.25, 0.3) is 0 Å². The minimum absolute atomic E-state index is 0.0207. The number of carboxylic acids is 1. The quantitative estimate of drug-likeness (QED) is 0.875. The molecule has 0 spiro atoms. The first-order valence-corrected chi connectivity index (χ1v) is 8.19. The van der Waals surface area contributed by atoms with E-state index in [4.69, 9.17) is 0 Å². The summed E-state index contributed by atoms with van der Waals surface area (Å²) in [6, 6.07) is 7.68. The number of para-hydroxylation sites is 1. The van der Waals surface area contributed by atoms with Crippen LogP contribution in [0, 0.1) is 11.8 Å². The van der Waals surface area contributed by atoms with Crippen LogP contribution in [0.3, 0.4) is 0 Å². The molecule has 1 aromatic rings. The van der Waals surface area contributed by atoms with Crippen molar-refractivity contribution in [3.05, 3.63) is 29.8 Å². The number of aryl methyl sites for hydroxylation is 1. The molecule has 0 radical (unpaired) electrons. The fourth-order valence-electron chi connectivity index (χ4n) is 3.54. The van der Waals surface area contributed by atoms with E-state index in [0.29, 0.717) is 5.92 Å². The largest absolute Gasteiger partial charge is 0.480 e. The predicted octanol–water partition coefficient (Wildman–Crippen LogP) is 3.49. The van der Waals surface area contributed by atoms with E-state index < -0.39 is 5.97 Å². The highest BCUT2D eigenvalue weighted by Crippen LogP contribution is 2.34. The summed E-state index contributed by atoms with van der Waals surface area (Å²) in [5.41, 5.74) is 1.84. The minimum Gasteiger partial charge on any atom is -0.480 e. The van der Waals surface area contributed by atoms with Crippen LogP contribution in [-0.4, -0.2) is 23.5 Å². The van der Waals surface area contributed by atoms with E-state index in [1.807, 2.05) is 24.3 Å². The summed E-state index contributed by atoms with van der Waals surface area (Å²) in [5.74, 6) is -0.722. The molecule has 0 aromatic heterocycles. The van der Waals surface area contributed by atoms with Gasteiger partial charge in [-0.2, -0.15) is 0 Å². The van der Waals surface area contributed by atoms with Gasteiger partial charge in [0.2, 0.25) is 5.91 Å². The fourth-order valence-corrected chi connectivity index (χ4v) is 3.54. The van der Waals surface area contributed by atoms with E-state index in [2.05, 4.69) is 13.8 Å². The highest BCUT2D eigenvalue weighted by molar-refractivity contribution is 6.00. The van der Waals surface area contributed by atoms with E-state index in [-0.39, 0.29) is 18.4 Å². The van der Waals surface area contributed by atoms with Crippen LogP contribution >= 0.6 is 0 Å². The van der Waals surface area contributed by atoms with Crippen molar-refractivity contribution in [1.82, 2.24) is 0 Å². The average Bonchev–Trinajstić information content (AvgIpc) is 2.63. The first-order valence-electron chi connectivity index (χ1n) is 8.19. The second-order valence-corrected chi connectivity index (χ2v) is 6.05. The van der Waals surface area contributed by atoms with Gasteiger partial charge in [0, 0.05) is 11.6 Å². The Morgan fingerprint density at radius 3 is 2.73 bits per heavy atom. The van der Waals surface area contributed by atoms with Gasteiger partial charge in [0.1, 0.15) is 6.54 Å². The Labute approximate surface area is 132 Å². The summed E-state index contributed by atoms with van der Waals surface area (Å²) in [5, 5.41) is 9.19. The first kappa shape index (κ1) is 16.5. The van der Waals surface area contributed by atoms with Crippen LogP contribution in [0.2, 0.25) is 0 Å². The number of aliphatic carboxylic acids is 1. The van der Waals surface area contributed by atoms with E-state index in [0.717, 1.165) is 43.4 Å². The van der Waals surface area contributed by atoms with Crippen molar-refractivity contribution in [2.75, 3.05) is 11.4 Å². The molecule has 1 N–H and O–H groups in total. The second-order valence-electron chi connectivity index (χ2n) is 6.05. The number of hydrogen-bond donors (Lipinski definition) is 1. The van der Waals surface area contributed by atoms with Crippen LogP contribution in [0.4, 0.5) is 5.69 Å². The molecule has 1 amide bonds.